The summed E-state index contributed by atoms with van der Waals surface area (Å²) in [5.74, 6) is 0.710. The van der Waals surface area contributed by atoms with Gasteiger partial charge in [0.05, 0.1) is 5.57 Å². The molecule has 0 fully saturated rings. The van der Waals surface area contributed by atoms with E-state index < -0.39 is 0 Å². The summed E-state index contributed by atoms with van der Waals surface area (Å²) in [6.45, 7) is 4.14. The first-order valence-electron chi connectivity index (χ1n) is 5.87. The standard InChI is InChI=1S/C12H16N4O/c1-3-5-9-10-7(4-2)8(6-13)11(14)17-12(10)16-15-9/h7H,3-5,14H2,1-2H3,(H,15,16). The minimum absolute atomic E-state index is 0.00375. The lowest BCUT2D eigenvalue weighted by Crippen LogP contribution is -2.20. The van der Waals surface area contributed by atoms with Crippen LogP contribution in [0.1, 0.15) is 43.9 Å². The van der Waals surface area contributed by atoms with Gasteiger partial charge in [-0.15, -0.1) is 5.10 Å². The van der Waals surface area contributed by atoms with Crippen molar-refractivity contribution in [1.82, 2.24) is 10.2 Å². The van der Waals surface area contributed by atoms with Crippen LogP contribution in [0.25, 0.3) is 0 Å². The Hall–Kier alpha value is -1.96. The molecular weight excluding hydrogens is 216 g/mol. The summed E-state index contributed by atoms with van der Waals surface area (Å²) >= 11 is 0. The Morgan fingerprint density at radius 3 is 2.88 bits per heavy atom. The Balaban J connectivity index is 2.49. The number of nitriles is 1. The average Bonchev–Trinajstić information content (AvgIpc) is 2.71. The zero-order valence-corrected chi connectivity index (χ0v) is 10.1. The molecule has 0 amide bonds. The average molecular weight is 232 g/mol. The maximum absolute atomic E-state index is 9.15. The molecule has 0 saturated carbocycles. The van der Waals surface area contributed by atoms with Crippen LogP contribution in [0.15, 0.2) is 11.5 Å². The molecule has 0 radical (unpaired) electrons. The normalized spacial score (nSPS) is 18.5. The van der Waals surface area contributed by atoms with Crippen molar-refractivity contribution in [3.05, 3.63) is 22.7 Å². The SMILES string of the molecule is CCCc1[nH]nc2c1C(CC)C(C#N)=C(N)O2. The molecule has 5 heteroatoms. The number of rotatable bonds is 3. The molecule has 1 atom stereocenters. The molecule has 1 unspecified atom stereocenters. The first kappa shape index (κ1) is 11.5. The van der Waals surface area contributed by atoms with E-state index in [4.69, 9.17) is 15.7 Å². The molecule has 0 aromatic carbocycles. The molecule has 0 bridgehead atoms. The van der Waals surface area contributed by atoms with E-state index in [1.54, 1.807) is 0 Å². The van der Waals surface area contributed by atoms with E-state index in [1.165, 1.54) is 0 Å². The Bertz CT molecular complexity index is 495. The summed E-state index contributed by atoms with van der Waals surface area (Å²) < 4.78 is 5.39. The highest BCUT2D eigenvalue weighted by molar-refractivity contribution is 5.48. The predicted octanol–water partition coefficient (Wildman–Crippen LogP) is 1.94. The first-order chi connectivity index (χ1) is 8.22. The lowest BCUT2D eigenvalue weighted by molar-refractivity contribution is 0.372. The van der Waals surface area contributed by atoms with Crippen LogP contribution in [0.5, 0.6) is 5.88 Å². The van der Waals surface area contributed by atoms with Crippen LogP contribution in [0.2, 0.25) is 0 Å². The van der Waals surface area contributed by atoms with Crippen LogP contribution in [0, 0.1) is 11.3 Å². The summed E-state index contributed by atoms with van der Waals surface area (Å²) in [4.78, 5) is 0. The van der Waals surface area contributed by atoms with Gasteiger partial charge in [-0.25, -0.2) is 0 Å². The third-order valence-corrected chi connectivity index (χ3v) is 3.05. The molecule has 3 N–H and O–H groups in total. The van der Waals surface area contributed by atoms with E-state index in [9.17, 15) is 0 Å². The molecule has 90 valence electrons. The summed E-state index contributed by atoms with van der Waals surface area (Å²) in [5.41, 5.74) is 8.30. The lowest BCUT2D eigenvalue weighted by atomic mass is 9.87. The monoisotopic (exact) mass is 232 g/mol. The number of fused-ring (bicyclic) bond motifs is 1. The molecule has 0 spiro atoms. The number of ether oxygens (including phenoxy) is 1. The lowest BCUT2D eigenvalue weighted by Gasteiger charge is -2.22. The largest absolute Gasteiger partial charge is 0.420 e. The van der Waals surface area contributed by atoms with Crippen LogP contribution >= 0.6 is 0 Å². The van der Waals surface area contributed by atoms with Crippen molar-refractivity contribution in [1.29, 1.82) is 5.26 Å². The molecule has 17 heavy (non-hydrogen) atoms. The van der Waals surface area contributed by atoms with Gasteiger partial charge in [0.2, 0.25) is 11.8 Å². The van der Waals surface area contributed by atoms with E-state index in [2.05, 4.69) is 23.2 Å². The Labute approximate surface area is 100 Å². The van der Waals surface area contributed by atoms with E-state index in [0.29, 0.717) is 11.5 Å². The van der Waals surface area contributed by atoms with E-state index in [1.807, 2.05) is 6.92 Å². The van der Waals surface area contributed by atoms with Crippen molar-refractivity contribution in [2.75, 3.05) is 0 Å². The van der Waals surface area contributed by atoms with Crippen molar-refractivity contribution >= 4 is 0 Å². The number of nitrogens with one attached hydrogen (secondary N) is 1. The molecule has 2 rings (SSSR count). The topological polar surface area (TPSA) is 87.7 Å². The second kappa shape index (κ2) is 4.50. The maximum Gasteiger partial charge on any atom is 0.243 e. The third-order valence-electron chi connectivity index (χ3n) is 3.05. The fourth-order valence-electron chi connectivity index (χ4n) is 2.26. The molecule has 5 nitrogen and oxygen atoms in total. The van der Waals surface area contributed by atoms with Crippen molar-refractivity contribution in [2.45, 2.75) is 39.0 Å². The van der Waals surface area contributed by atoms with Gasteiger partial charge in [-0.2, -0.15) is 5.26 Å². The third kappa shape index (κ3) is 1.76. The number of aryl methyl sites for hydroxylation is 1. The zero-order valence-electron chi connectivity index (χ0n) is 10.1. The molecule has 1 aliphatic heterocycles. The molecular formula is C12H16N4O. The number of nitrogens with two attached hydrogens (primary N) is 1. The van der Waals surface area contributed by atoms with Gasteiger partial charge in [-0.3, -0.25) is 5.10 Å². The number of aromatic nitrogens is 2. The Morgan fingerprint density at radius 2 is 2.29 bits per heavy atom. The predicted molar refractivity (Wildman–Crippen MR) is 63.1 cm³/mol. The highest BCUT2D eigenvalue weighted by atomic mass is 16.5. The number of hydrogen-bond donors (Lipinski definition) is 2. The van der Waals surface area contributed by atoms with Crippen LogP contribution < -0.4 is 10.5 Å². The first-order valence-corrected chi connectivity index (χ1v) is 5.87. The van der Waals surface area contributed by atoms with Gasteiger partial charge in [-0.05, 0) is 12.8 Å². The van der Waals surface area contributed by atoms with Gasteiger partial charge in [0, 0.05) is 17.2 Å². The zero-order chi connectivity index (χ0) is 12.4. The smallest absolute Gasteiger partial charge is 0.243 e. The summed E-state index contributed by atoms with van der Waals surface area (Å²) in [6.07, 6.45) is 2.74. The number of allylic oxidation sites excluding steroid dienone is 1. The molecule has 2 heterocycles. The van der Waals surface area contributed by atoms with Crippen LogP contribution in [-0.2, 0) is 6.42 Å². The summed E-state index contributed by atoms with van der Waals surface area (Å²) in [6, 6.07) is 2.14. The maximum atomic E-state index is 9.15. The van der Waals surface area contributed by atoms with Gasteiger partial charge < -0.3 is 10.5 Å². The molecule has 0 saturated heterocycles. The van der Waals surface area contributed by atoms with E-state index in [-0.39, 0.29) is 11.8 Å². The van der Waals surface area contributed by atoms with Gasteiger partial charge >= 0.3 is 0 Å². The summed E-state index contributed by atoms with van der Waals surface area (Å²) in [7, 11) is 0. The van der Waals surface area contributed by atoms with Crippen molar-refractivity contribution in [3.63, 3.8) is 0 Å². The van der Waals surface area contributed by atoms with Crippen LogP contribution in [-0.4, -0.2) is 10.2 Å². The van der Waals surface area contributed by atoms with Crippen LogP contribution in [0.3, 0.4) is 0 Å². The highest BCUT2D eigenvalue weighted by Crippen LogP contribution is 2.40. The summed E-state index contributed by atoms with van der Waals surface area (Å²) in [5, 5.41) is 16.3. The van der Waals surface area contributed by atoms with Gasteiger partial charge in [0.1, 0.15) is 6.07 Å². The second-order valence-corrected chi connectivity index (χ2v) is 4.12. The van der Waals surface area contributed by atoms with E-state index in [0.717, 1.165) is 30.5 Å². The fourth-order valence-corrected chi connectivity index (χ4v) is 2.26. The number of H-pyrrole nitrogens is 1. The second-order valence-electron chi connectivity index (χ2n) is 4.12. The quantitative estimate of drug-likeness (QED) is 0.833. The molecule has 1 aliphatic rings. The number of aromatic amines is 1. The Morgan fingerprint density at radius 1 is 1.53 bits per heavy atom. The van der Waals surface area contributed by atoms with E-state index >= 15 is 0 Å². The fraction of sp³-hybridized carbons (Fsp3) is 0.500. The van der Waals surface area contributed by atoms with Crippen molar-refractivity contribution < 1.29 is 4.74 Å². The number of hydrogen-bond acceptors (Lipinski definition) is 4. The Kier molecular flexibility index (Phi) is 3.05. The molecule has 1 aromatic heterocycles. The van der Waals surface area contributed by atoms with Gasteiger partial charge in [0.25, 0.3) is 0 Å². The minimum atomic E-state index is 0.00375. The van der Waals surface area contributed by atoms with Crippen molar-refractivity contribution in [3.8, 4) is 11.9 Å². The molecule has 0 aliphatic carbocycles. The highest BCUT2D eigenvalue weighted by Gasteiger charge is 2.32. The van der Waals surface area contributed by atoms with Gasteiger partial charge in [0.15, 0.2) is 0 Å². The minimum Gasteiger partial charge on any atom is -0.420 e. The van der Waals surface area contributed by atoms with Crippen LogP contribution in [0.4, 0.5) is 0 Å². The molecule has 1 aromatic rings. The number of nitrogens with zero attached hydrogens (tertiary/aromatic N) is 2. The van der Waals surface area contributed by atoms with Crippen molar-refractivity contribution in [2.24, 2.45) is 5.73 Å². The van der Waals surface area contributed by atoms with Gasteiger partial charge in [-0.1, -0.05) is 20.3 Å².